The topological polar surface area (TPSA) is 52.6 Å². The van der Waals surface area contributed by atoms with Crippen LogP contribution in [0.25, 0.3) is 6.08 Å². The van der Waals surface area contributed by atoms with E-state index in [1.54, 1.807) is 54.6 Å². The smallest absolute Gasteiger partial charge is 0.338 e. The van der Waals surface area contributed by atoms with Crippen molar-refractivity contribution in [1.29, 1.82) is 0 Å². The summed E-state index contributed by atoms with van der Waals surface area (Å²) < 4.78 is 11.3. The lowest BCUT2D eigenvalue weighted by molar-refractivity contribution is -0.00699. The van der Waals surface area contributed by atoms with Gasteiger partial charge in [0.25, 0.3) is 0 Å². The van der Waals surface area contributed by atoms with E-state index in [9.17, 15) is 9.59 Å². The van der Waals surface area contributed by atoms with Crippen molar-refractivity contribution in [2.24, 2.45) is 0 Å². The van der Waals surface area contributed by atoms with E-state index in [4.69, 9.17) is 9.47 Å². The van der Waals surface area contributed by atoms with Crippen LogP contribution in [0.4, 0.5) is 0 Å². The van der Waals surface area contributed by atoms with Crippen LogP contribution in [0.5, 0.6) is 0 Å². The van der Waals surface area contributed by atoms with Crippen molar-refractivity contribution in [3.63, 3.8) is 0 Å². The van der Waals surface area contributed by atoms with Crippen molar-refractivity contribution in [1.82, 2.24) is 0 Å². The Morgan fingerprint density at radius 1 is 0.667 bits per heavy atom. The summed E-state index contributed by atoms with van der Waals surface area (Å²) >= 11 is 0. The zero-order chi connectivity index (χ0) is 21.2. The maximum absolute atomic E-state index is 12.6. The van der Waals surface area contributed by atoms with E-state index in [2.05, 4.69) is 6.58 Å². The van der Waals surface area contributed by atoms with Gasteiger partial charge in [-0.1, -0.05) is 79.4 Å². The van der Waals surface area contributed by atoms with Crippen LogP contribution < -0.4 is 0 Å². The number of hydrogen-bond donors (Lipinski definition) is 0. The van der Waals surface area contributed by atoms with Gasteiger partial charge in [0.1, 0.15) is 0 Å². The van der Waals surface area contributed by atoms with Crippen molar-refractivity contribution in [2.45, 2.75) is 12.2 Å². The summed E-state index contributed by atoms with van der Waals surface area (Å²) in [6, 6.07) is 26.9. The third kappa shape index (κ3) is 5.79. The molecule has 0 fully saturated rings. The van der Waals surface area contributed by atoms with Gasteiger partial charge in [-0.15, -0.1) is 0 Å². The zero-order valence-electron chi connectivity index (χ0n) is 16.4. The fourth-order valence-corrected chi connectivity index (χ4v) is 2.77. The number of rotatable bonds is 8. The van der Waals surface area contributed by atoms with Crippen LogP contribution in [0, 0.1) is 0 Å². The largest absolute Gasteiger partial charge is 0.450 e. The highest BCUT2D eigenvalue weighted by molar-refractivity contribution is 5.90. The summed E-state index contributed by atoms with van der Waals surface area (Å²) in [5.41, 5.74) is 1.74. The maximum Gasteiger partial charge on any atom is 0.338 e. The maximum atomic E-state index is 12.6. The van der Waals surface area contributed by atoms with Gasteiger partial charge in [-0.25, -0.2) is 9.59 Å². The summed E-state index contributed by atoms with van der Waals surface area (Å²) in [5, 5.41) is 0. The monoisotopic (exact) mass is 398 g/mol. The fraction of sp³-hybridized carbons (Fsp3) is 0.0769. The number of hydrogen-bond acceptors (Lipinski definition) is 4. The SMILES string of the molecule is C=C[C@@H](OC(=O)c1ccccc1)[C@H](/C=C/c1ccccc1)OC(=O)c1ccccc1. The van der Waals surface area contributed by atoms with Crippen LogP contribution in [0.3, 0.4) is 0 Å². The van der Waals surface area contributed by atoms with Crippen LogP contribution in [0.2, 0.25) is 0 Å². The van der Waals surface area contributed by atoms with Crippen LogP contribution >= 0.6 is 0 Å². The molecule has 0 aliphatic heterocycles. The molecular weight excluding hydrogens is 376 g/mol. The van der Waals surface area contributed by atoms with Gasteiger partial charge in [-0.2, -0.15) is 0 Å². The van der Waals surface area contributed by atoms with Crippen LogP contribution in [0.15, 0.2) is 110 Å². The Labute approximate surface area is 176 Å². The van der Waals surface area contributed by atoms with Crippen molar-refractivity contribution < 1.29 is 19.1 Å². The van der Waals surface area contributed by atoms with E-state index in [1.807, 2.05) is 48.5 Å². The van der Waals surface area contributed by atoms with Gasteiger partial charge in [0.05, 0.1) is 11.1 Å². The molecule has 150 valence electrons. The van der Waals surface area contributed by atoms with Gasteiger partial charge < -0.3 is 9.47 Å². The third-order valence-corrected chi connectivity index (χ3v) is 4.34. The molecule has 3 rings (SSSR count). The quantitative estimate of drug-likeness (QED) is 0.380. The first-order chi connectivity index (χ1) is 14.7. The van der Waals surface area contributed by atoms with Crippen molar-refractivity contribution >= 4 is 18.0 Å². The molecule has 30 heavy (non-hydrogen) atoms. The Kier molecular flexibility index (Phi) is 7.34. The van der Waals surface area contributed by atoms with Crippen molar-refractivity contribution in [2.75, 3.05) is 0 Å². The van der Waals surface area contributed by atoms with Gasteiger partial charge in [-0.3, -0.25) is 0 Å². The summed E-state index contributed by atoms with van der Waals surface area (Å²) in [6.45, 7) is 3.76. The van der Waals surface area contributed by atoms with Gasteiger partial charge >= 0.3 is 11.9 Å². The van der Waals surface area contributed by atoms with Crippen LogP contribution in [-0.4, -0.2) is 24.1 Å². The highest BCUT2D eigenvalue weighted by Gasteiger charge is 2.25. The van der Waals surface area contributed by atoms with E-state index in [0.29, 0.717) is 11.1 Å². The molecule has 0 spiro atoms. The van der Waals surface area contributed by atoms with E-state index in [-0.39, 0.29) is 0 Å². The molecule has 0 heterocycles. The predicted octanol–water partition coefficient (Wildman–Crippen LogP) is 5.34. The molecule has 0 saturated carbocycles. The molecule has 3 aromatic carbocycles. The Morgan fingerprint density at radius 3 is 1.57 bits per heavy atom. The number of carbonyl (C=O) groups is 2. The van der Waals surface area contributed by atoms with Gasteiger partial charge in [-0.05, 0) is 42.0 Å². The molecule has 2 atom stereocenters. The number of ether oxygens (including phenoxy) is 2. The van der Waals surface area contributed by atoms with E-state index < -0.39 is 24.1 Å². The van der Waals surface area contributed by atoms with Crippen molar-refractivity contribution in [3.8, 4) is 0 Å². The second-order valence-corrected chi connectivity index (χ2v) is 6.48. The first kappa shape index (κ1) is 20.8. The lowest BCUT2D eigenvalue weighted by Gasteiger charge is -2.22. The van der Waals surface area contributed by atoms with Crippen molar-refractivity contribution in [3.05, 3.63) is 126 Å². The molecule has 0 aromatic heterocycles. The van der Waals surface area contributed by atoms with E-state index >= 15 is 0 Å². The minimum Gasteiger partial charge on any atom is -0.450 e. The molecule has 0 aliphatic carbocycles. The fourth-order valence-electron chi connectivity index (χ4n) is 2.77. The summed E-state index contributed by atoms with van der Waals surface area (Å²) in [7, 11) is 0. The number of esters is 2. The Hall–Kier alpha value is -3.92. The molecule has 0 unspecified atom stereocenters. The first-order valence-corrected chi connectivity index (χ1v) is 9.55. The standard InChI is InChI=1S/C26H22O4/c1-2-23(29-25(27)21-14-8-4-9-15-21)24(19-18-20-12-6-3-7-13-20)30-26(28)22-16-10-5-11-17-22/h2-19,23-24H,1H2/b19-18+/t23-,24+/m1/s1. The minimum absolute atomic E-state index is 0.407. The molecule has 0 saturated heterocycles. The Morgan fingerprint density at radius 2 is 1.10 bits per heavy atom. The average Bonchev–Trinajstić information content (AvgIpc) is 2.82. The Balaban J connectivity index is 1.82. The second-order valence-electron chi connectivity index (χ2n) is 6.48. The first-order valence-electron chi connectivity index (χ1n) is 9.55. The minimum atomic E-state index is -0.856. The lowest BCUT2D eigenvalue weighted by atomic mass is 10.1. The Bertz CT molecular complexity index is 995. The van der Waals surface area contributed by atoms with Gasteiger partial charge in [0.2, 0.25) is 0 Å². The summed E-state index contributed by atoms with van der Waals surface area (Å²) in [5.74, 6) is -1.03. The third-order valence-electron chi connectivity index (χ3n) is 4.34. The highest BCUT2D eigenvalue weighted by Crippen LogP contribution is 2.16. The predicted molar refractivity (Wildman–Crippen MR) is 117 cm³/mol. The molecule has 0 aliphatic rings. The highest BCUT2D eigenvalue weighted by atomic mass is 16.6. The molecule has 0 bridgehead atoms. The molecule has 4 nitrogen and oxygen atoms in total. The average molecular weight is 398 g/mol. The normalized spacial score (nSPS) is 12.7. The molecular formula is C26H22O4. The second kappa shape index (κ2) is 10.6. The van der Waals surface area contributed by atoms with Crippen LogP contribution in [0.1, 0.15) is 26.3 Å². The summed E-state index contributed by atoms with van der Waals surface area (Å²) in [6.07, 6.45) is 3.27. The molecule has 4 heteroatoms. The molecule has 0 radical (unpaired) electrons. The van der Waals surface area contributed by atoms with Gasteiger partial charge in [0, 0.05) is 0 Å². The van der Waals surface area contributed by atoms with Gasteiger partial charge in [0.15, 0.2) is 12.2 Å². The molecule has 0 amide bonds. The zero-order valence-corrected chi connectivity index (χ0v) is 16.4. The number of carbonyl (C=O) groups excluding carboxylic acids is 2. The summed E-state index contributed by atoms with van der Waals surface area (Å²) in [4.78, 5) is 25.1. The van der Waals surface area contributed by atoms with E-state index in [1.165, 1.54) is 6.08 Å². The van der Waals surface area contributed by atoms with E-state index in [0.717, 1.165) is 5.56 Å². The van der Waals surface area contributed by atoms with Crippen LogP contribution in [-0.2, 0) is 9.47 Å². The lowest BCUT2D eigenvalue weighted by Crippen LogP contribution is -2.32. The molecule has 0 N–H and O–H groups in total. The molecule has 3 aromatic rings. The number of benzene rings is 3.